The number of nitrogens with zero attached hydrogens (tertiary/aromatic N) is 1. The number of hydrogen-bond donors (Lipinski definition) is 1. The number of anilines is 1. The summed E-state index contributed by atoms with van der Waals surface area (Å²) in [5.41, 5.74) is 7.55. The average molecular weight is 396 g/mol. The highest BCUT2D eigenvalue weighted by Crippen LogP contribution is 2.30. The standard InChI is InChI=1S/C22H24N2O5/c1-3-28-22(26)21-18(17-6-4-5-7-19(17)29-21)14-24(13-12-20(23)25)15-8-10-16(27-2)11-9-15/h4-11H,3,12-14H2,1-2H3,(H2,23,25). The Balaban J connectivity index is 2.01. The smallest absolute Gasteiger partial charge is 0.374 e. The molecule has 1 aromatic heterocycles. The van der Waals surface area contributed by atoms with Gasteiger partial charge in [-0.3, -0.25) is 4.79 Å². The zero-order valence-electron chi connectivity index (χ0n) is 16.5. The first kappa shape index (κ1) is 20.3. The van der Waals surface area contributed by atoms with Crippen LogP contribution in [0.1, 0.15) is 29.5 Å². The number of benzene rings is 2. The van der Waals surface area contributed by atoms with Crippen molar-refractivity contribution >= 4 is 28.5 Å². The van der Waals surface area contributed by atoms with Crippen molar-refractivity contribution in [1.82, 2.24) is 0 Å². The monoisotopic (exact) mass is 396 g/mol. The summed E-state index contributed by atoms with van der Waals surface area (Å²) in [6.07, 6.45) is 0.177. The van der Waals surface area contributed by atoms with Crippen LogP contribution in [0, 0.1) is 0 Å². The van der Waals surface area contributed by atoms with Gasteiger partial charge in [0.2, 0.25) is 11.7 Å². The van der Waals surface area contributed by atoms with E-state index in [1.165, 1.54) is 0 Å². The van der Waals surface area contributed by atoms with Crippen LogP contribution in [0.25, 0.3) is 11.0 Å². The van der Waals surface area contributed by atoms with Crippen LogP contribution in [-0.4, -0.2) is 32.1 Å². The molecule has 7 nitrogen and oxygen atoms in total. The van der Waals surface area contributed by atoms with E-state index in [9.17, 15) is 9.59 Å². The molecule has 1 heterocycles. The first-order valence-electron chi connectivity index (χ1n) is 9.38. The van der Waals surface area contributed by atoms with Crippen LogP contribution in [-0.2, 0) is 16.1 Å². The number of carbonyl (C=O) groups excluding carboxylic acids is 2. The van der Waals surface area contributed by atoms with Gasteiger partial charge in [0.05, 0.1) is 13.7 Å². The Labute approximate surface area is 169 Å². The number of para-hydroxylation sites is 1. The van der Waals surface area contributed by atoms with Crippen molar-refractivity contribution in [2.75, 3.05) is 25.2 Å². The highest BCUT2D eigenvalue weighted by Gasteiger charge is 2.23. The second-order valence-corrected chi connectivity index (χ2v) is 6.46. The quantitative estimate of drug-likeness (QED) is 0.556. The van der Waals surface area contributed by atoms with Crippen molar-refractivity contribution in [3.8, 4) is 5.75 Å². The van der Waals surface area contributed by atoms with E-state index in [1.54, 1.807) is 14.0 Å². The molecule has 1 amide bonds. The van der Waals surface area contributed by atoms with Gasteiger partial charge in [-0.05, 0) is 37.3 Å². The number of methoxy groups -OCH3 is 1. The number of hydrogen-bond acceptors (Lipinski definition) is 6. The van der Waals surface area contributed by atoms with Gasteiger partial charge in [0.25, 0.3) is 0 Å². The van der Waals surface area contributed by atoms with Crippen LogP contribution in [0.3, 0.4) is 0 Å². The molecule has 2 aromatic carbocycles. The van der Waals surface area contributed by atoms with Gasteiger partial charge < -0.3 is 24.5 Å². The SMILES string of the molecule is CCOC(=O)c1oc2ccccc2c1CN(CCC(N)=O)c1ccc(OC)cc1. The van der Waals surface area contributed by atoms with Crippen LogP contribution < -0.4 is 15.4 Å². The zero-order valence-corrected chi connectivity index (χ0v) is 16.5. The van der Waals surface area contributed by atoms with E-state index in [0.29, 0.717) is 24.2 Å². The number of furan rings is 1. The minimum Gasteiger partial charge on any atom is -0.497 e. The average Bonchev–Trinajstić information content (AvgIpc) is 3.10. The lowest BCUT2D eigenvalue weighted by Crippen LogP contribution is -2.28. The van der Waals surface area contributed by atoms with Crippen LogP contribution >= 0.6 is 0 Å². The highest BCUT2D eigenvalue weighted by atomic mass is 16.5. The van der Waals surface area contributed by atoms with E-state index in [-0.39, 0.29) is 18.8 Å². The number of carbonyl (C=O) groups is 2. The molecular weight excluding hydrogens is 372 g/mol. The van der Waals surface area contributed by atoms with Crippen LogP contribution in [0.4, 0.5) is 5.69 Å². The molecule has 152 valence electrons. The molecule has 0 saturated carbocycles. The van der Waals surface area contributed by atoms with E-state index in [2.05, 4.69) is 0 Å². The van der Waals surface area contributed by atoms with Crippen molar-refractivity contribution in [1.29, 1.82) is 0 Å². The number of fused-ring (bicyclic) bond motifs is 1. The predicted octanol–water partition coefficient (Wildman–Crippen LogP) is 3.50. The number of esters is 1. The maximum atomic E-state index is 12.5. The van der Waals surface area contributed by atoms with Crippen molar-refractivity contribution in [3.63, 3.8) is 0 Å². The molecule has 3 rings (SSSR count). The van der Waals surface area contributed by atoms with Gasteiger partial charge in [-0.25, -0.2) is 4.79 Å². The van der Waals surface area contributed by atoms with E-state index in [4.69, 9.17) is 19.6 Å². The molecule has 0 radical (unpaired) electrons. The summed E-state index contributed by atoms with van der Waals surface area (Å²) in [4.78, 5) is 25.8. The third-order valence-electron chi connectivity index (χ3n) is 4.57. The number of primary amides is 1. The van der Waals surface area contributed by atoms with Crippen molar-refractivity contribution in [2.24, 2.45) is 5.73 Å². The molecule has 0 aliphatic carbocycles. The normalized spacial score (nSPS) is 10.7. The molecule has 29 heavy (non-hydrogen) atoms. The molecule has 0 bridgehead atoms. The summed E-state index contributed by atoms with van der Waals surface area (Å²) in [7, 11) is 1.60. The van der Waals surface area contributed by atoms with Crippen molar-refractivity contribution in [2.45, 2.75) is 19.9 Å². The molecule has 0 saturated heterocycles. The molecule has 3 aromatic rings. The fraction of sp³-hybridized carbons (Fsp3) is 0.273. The summed E-state index contributed by atoms with van der Waals surface area (Å²) in [6.45, 7) is 2.74. The lowest BCUT2D eigenvalue weighted by Gasteiger charge is -2.24. The Hall–Kier alpha value is -3.48. The number of ether oxygens (including phenoxy) is 2. The highest BCUT2D eigenvalue weighted by molar-refractivity contribution is 5.96. The number of amides is 1. The van der Waals surface area contributed by atoms with Gasteiger partial charge in [0.1, 0.15) is 11.3 Å². The van der Waals surface area contributed by atoms with E-state index in [0.717, 1.165) is 16.8 Å². The lowest BCUT2D eigenvalue weighted by atomic mass is 10.1. The molecule has 0 spiro atoms. The Morgan fingerprint density at radius 2 is 1.83 bits per heavy atom. The predicted molar refractivity (Wildman–Crippen MR) is 110 cm³/mol. The topological polar surface area (TPSA) is 95.0 Å². The number of nitrogens with two attached hydrogens (primary N) is 1. The first-order chi connectivity index (χ1) is 14.0. The van der Waals surface area contributed by atoms with Crippen molar-refractivity contribution in [3.05, 3.63) is 59.9 Å². The third kappa shape index (κ3) is 4.68. The first-order valence-corrected chi connectivity index (χ1v) is 9.38. The molecule has 0 aliphatic rings. The maximum Gasteiger partial charge on any atom is 0.374 e. The van der Waals surface area contributed by atoms with Crippen LogP contribution in [0.2, 0.25) is 0 Å². The second-order valence-electron chi connectivity index (χ2n) is 6.46. The molecule has 2 N–H and O–H groups in total. The van der Waals surface area contributed by atoms with E-state index >= 15 is 0 Å². The summed E-state index contributed by atoms with van der Waals surface area (Å²) >= 11 is 0. The van der Waals surface area contributed by atoms with Gasteiger partial charge in [-0.1, -0.05) is 18.2 Å². The maximum absolute atomic E-state index is 12.5. The minimum absolute atomic E-state index is 0.172. The van der Waals surface area contributed by atoms with Crippen molar-refractivity contribution < 1.29 is 23.5 Å². The summed E-state index contributed by atoms with van der Waals surface area (Å²) in [5.74, 6) is -0.00956. The summed E-state index contributed by atoms with van der Waals surface area (Å²) in [5, 5.41) is 0.827. The second kappa shape index (κ2) is 9.14. The Morgan fingerprint density at radius 1 is 1.10 bits per heavy atom. The molecule has 7 heteroatoms. The third-order valence-corrected chi connectivity index (χ3v) is 4.57. The zero-order chi connectivity index (χ0) is 20.8. The van der Waals surface area contributed by atoms with Gasteiger partial charge in [0.15, 0.2) is 0 Å². The van der Waals surface area contributed by atoms with E-state index in [1.807, 2.05) is 53.4 Å². The molecule has 0 aliphatic heterocycles. The largest absolute Gasteiger partial charge is 0.497 e. The Bertz CT molecular complexity index is 994. The Kier molecular flexibility index (Phi) is 6.39. The van der Waals surface area contributed by atoms with Crippen LogP contribution in [0.5, 0.6) is 5.75 Å². The van der Waals surface area contributed by atoms with Gasteiger partial charge in [-0.15, -0.1) is 0 Å². The van der Waals surface area contributed by atoms with Crippen LogP contribution in [0.15, 0.2) is 52.9 Å². The fourth-order valence-corrected chi connectivity index (χ4v) is 3.15. The molecule has 0 fully saturated rings. The van der Waals surface area contributed by atoms with E-state index < -0.39 is 11.9 Å². The fourth-order valence-electron chi connectivity index (χ4n) is 3.15. The minimum atomic E-state index is -0.511. The van der Waals surface area contributed by atoms with Gasteiger partial charge in [-0.2, -0.15) is 0 Å². The molecule has 0 atom stereocenters. The summed E-state index contributed by atoms with van der Waals surface area (Å²) < 4.78 is 16.2. The Morgan fingerprint density at radius 3 is 2.48 bits per heavy atom. The number of rotatable bonds is 9. The molecular formula is C22H24N2O5. The van der Waals surface area contributed by atoms with Gasteiger partial charge in [0, 0.05) is 36.1 Å². The summed E-state index contributed by atoms with van der Waals surface area (Å²) in [6, 6.07) is 14.9. The lowest BCUT2D eigenvalue weighted by molar-refractivity contribution is -0.117. The van der Waals surface area contributed by atoms with Gasteiger partial charge >= 0.3 is 5.97 Å². The molecule has 0 unspecified atom stereocenters.